The van der Waals surface area contributed by atoms with Gasteiger partial charge in [0.15, 0.2) is 0 Å². The minimum atomic E-state index is -0.487. The highest BCUT2D eigenvalue weighted by atomic mass is 16.6. The molecule has 26 heavy (non-hydrogen) atoms. The smallest absolute Gasteiger partial charge is 0.292 e. The Morgan fingerprint density at radius 1 is 1.04 bits per heavy atom. The van der Waals surface area contributed by atoms with Crippen LogP contribution in [-0.2, 0) is 4.79 Å². The SMILES string of the molecule is C[C@H](C(=O)Nc1ccccc1[N+](=O)[O-])N1CCN(c2ccccc2)CC1. The van der Waals surface area contributed by atoms with Crippen LogP contribution in [0.5, 0.6) is 0 Å². The molecule has 1 aliphatic heterocycles. The van der Waals surface area contributed by atoms with Gasteiger partial charge < -0.3 is 10.2 Å². The maximum Gasteiger partial charge on any atom is 0.292 e. The van der Waals surface area contributed by atoms with Gasteiger partial charge in [-0.25, -0.2) is 0 Å². The molecule has 0 aliphatic carbocycles. The van der Waals surface area contributed by atoms with E-state index in [1.165, 1.54) is 11.8 Å². The summed E-state index contributed by atoms with van der Waals surface area (Å²) in [6.45, 7) is 5.04. The van der Waals surface area contributed by atoms with E-state index in [0.717, 1.165) is 26.2 Å². The van der Waals surface area contributed by atoms with Gasteiger partial charge in [0.1, 0.15) is 5.69 Å². The van der Waals surface area contributed by atoms with E-state index in [-0.39, 0.29) is 23.3 Å². The normalized spacial score (nSPS) is 16.1. The lowest BCUT2D eigenvalue weighted by molar-refractivity contribution is -0.383. The Kier molecular flexibility index (Phi) is 5.48. The summed E-state index contributed by atoms with van der Waals surface area (Å²) in [6, 6.07) is 16.0. The van der Waals surface area contributed by atoms with Gasteiger partial charge in [-0.05, 0) is 25.1 Å². The Labute approximate surface area is 152 Å². The van der Waals surface area contributed by atoms with Crippen molar-refractivity contribution in [3.63, 3.8) is 0 Å². The molecule has 7 heteroatoms. The number of piperazine rings is 1. The van der Waals surface area contributed by atoms with Gasteiger partial charge in [0, 0.05) is 37.9 Å². The molecular formula is C19H22N4O3. The minimum absolute atomic E-state index is 0.0954. The molecule has 0 radical (unpaired) electrons. The van der Waals surface area contributed by atoms with Crippen molar-refractivity contribution in [3.05, 3.63) is 64.7 Å². The van der Waals surface area contributed by atoms with E-state index in [2.05, 4.69) is 27.2 Å². The van der Waals surface area contributed by atoms with Crippen LogP contribution < -0.4 is 10.2 Å². The Bertz CT molecular complexity index is 773. The standard InChI is InChI=1S/C19H22N4O3/c1-15(19(24)20-17-9-5-6-10-18(17)23(25)26)21-11-13-22(14-12-21)16-7-3-2-4-8-16/h2-10,15H,11-14H2,1H3,(H,20,24)/t15-/m1/s1. The predicted octanol–water partition coefficient (Wildman–Crippen LogP) is 2.74. The molecule has 3 rings (SSSR count). The summed E-state index contributed by atoms with van der Waals surface area (Å²) in [5, 5.41) is 13.8. The van der Waals surface area contributed by atoms with Gasteiger partial charge in [0.25, 0.3) is 5.69 Å². The van der Waals surface area contributed by atoms with Crippen LogP contribution in [0.15, 0.2) is 54.6 Å². The lowest BCUT2D eigenvalue weighted by Crippen LogP contribution is -2.52. The van der Waals surface area contributed by atoms with Crippen LogP contribution in [-0.4, -0.2) is 48.0 Å². The average molecular weight is 354 g/mol. The second-order valence-electron chi connectivity index (χ2n) is 6.30. The van der Waals surface area contributed by atoms with Crippen molar-refractivity contribution in [3.8, 4) is 0 Å². The van der Waals surface area contributed by atoms with Crippen molar-refractivity contribution in [1.82, 2.24) is 4.90 Å². The molecule has 0 saturated carbocycles. The maximum atomic E-state index is 12.5. The molecule has 1 aliphatic rings. The van der Waals surface area contributed by atoms with Crippen LogP contribution in [0.2, 0.25) is 0 Å². The molecule has 7 nitrogen and oxygen atoms in total. The lowest BCUT2D eigenvalue weighted by Gasteiger charge is -2.38. The highest BCUT2D eigenvalue weighted by Crippen LogP contribution is 2.24. The van der Waals surface area contributed by atoms with Crippen LogP contribution >= 0.6 is 0 Å². The fourth-order valence-corrected chi connectivity index (χ4v) is 3.15. The summed E-state index contributed by atoms with van der Waals surface area (Å²) in [5.74, 6) is -0.229. The largest absolute Gasteiger partial charge is 0.369 e. The van der Waals surface area contributed by atoms with E-state index >= 15 is 0 Å². The zero-order valence-corrected chi connectivity index (χ0v) is 14.7. The number of amides is 1. The number of benzene rings is 2. The predicted molar refractivity (Wildman–Crippen MR) is 101 cm³/mol. The van der Waals surface area contributed by atoms with Crippen LogP contribution in [0, 0.1) is 10.1 Å². The zero-order valence-electron chi connectivity index (χ0n) is 14.7. The van der Waals surface area contributed by atoms with Crippen LogP contribution in [0.1, 0.15) is 6.92 Å². The van der Waals surface area contributed by atoms with Crippen molar-refractivity contribution < 1.29 is 9.72 Å². The van der Waals surface area contributed by atoms with Gasteiger partial charge in [-0.15, -0.1) is 0 Å². The van der Waals surface area contributed by atoms with E-state index in [0.29, 0.717) is 0 Å². The first-order valence-corrected chi connectivity index (χ1v) is 8.64. The molecule has 2 aromatic rings. The van der Waals surface area contributed by atoms with Gasteiger partial charge in [0.2, 0.25) is 5.91 Å². The lowest BCUT2D eigenvalue weighted by atomic mass is 10.2. The number of nitrogens with one attached hydrogen (secondary N) is 1. The molecule has 136 valence electrons. The molecule has 0 aromatic heterocycles. The van der Waals surface area contributed by atoms with Crippen LogP contribution in [0.3, 0.4) is 0 Å². The number of hydrogen-bond donors (Lipinski definition) is 1. The summed E-state index contributed by atoms with van der Waals surface area (Å²) >= 11 is 0. The molecule has 0 spiro atoms. The van der Waals surface area contributed by atoms with E-state index < -0.39 is 4.92 Å². The topological polar surface area (TPSA) is 78.7 Å². The summed E-state index contributed by atoms with van der Waals surface area (Å²) in [6.07, 6.45) is 0. The molecule has 1 N–H and O–H groups in total. The monoisotopic (exact) mass is 354 g/mol. The van der Waals surface area contributed by atoms with Crippen molar-refractivity contribution in [2.45, 2.75) is 13.0 Å². The third kappa shape index (κ3) is 4.00. The molecule has 1 heterocycles. The van der Waals surface area contributed by atoms with E-state index in [1.807, 2.05) is 25.1 Å². The average Bonchev–Trinajstić information content (AvgIpc) is 2.68. The third-order valence-corrected chi connectivity index (χ3v) is 4.72. The van der Waals surface area contributed by atoms with Crippen molar-refractivity contribution in [2.24, 2.45) is 0 Å². The Balaban J connectivity index is 1.59. The number of anilines is 2. The van der Waals surface area contributed by atoms with Crippen LogP contribution in [0.4, 0.5) is 17.1 Å². The Hall–Kier alpha value is -2.93. The Morgan fingerprint density at radius 3 is 2.31 bits per heavy atom. The van der Waals surface area contributed by atoms with Crippen molar-refractivity contribution in [1.29, 1.82) is 0 Å². The van der Waals surface area contributed by atoms with Gasteiger partial charge in [0.05, 0.1) is 11.0 Å². The van der Waals surface area contributed by atoms with Gasteiger partial charge >= 0.3 is 0 Å². The van der Waals surface area contributed by atoms with Crippen molar-refractivity contribution in [2.75, 3.05) is 36.4 Å². The quantitative estimate of drug-likeness (QED) is 0.660. The minimum Gasteiger partial charge on any atom is -0.369 e. The number of nitrogens with zero attached hydrogens (tertiary/aromatic N) is 3. The molecule has 2 aromatic carbocycles. The number of rotatable bonds is 5. The van der Waals surface area contributed by atoms with Crippen LogP contribution in [0.25, 0.3) is 0 Å². The fourth-order valence-electron chi connectivity index (χ4n) is 3.15. The van der Waals surface area contributed by atoms with E-state index in [1.54, 1.807) is 18.2 Å². The number of carbonyl (C=O) groups excluding carboxylic acids is 1. The number of nitro benzene ring substituents is 1. The fraction of sp³-hybridized carbons (Fsp3) is 0.316. The highest BCUT2D eigenvalue weighted by molar-refractivity contribution is 5.96. The summed E-state index contributed by atoms with van der Waals surface area (Å²) in [4.78, 5) is 27.5. The second-order valence-corrected chi connectivity index (χ2v) is 6.30. The summed E-state index contributed by atoms with van der Waals surface area (Å²) < 4.78 is 0. The third-order valence-electron chi connectivity index (χ3n) is 4.72. The first kappa shape index (κ1) is 17.9. The summed E-state index contributed by atoms with van der Waals surface area (Å²) in [5.41, 5.74) is 1.32. The number of carbonyl (C=O) groups is 1. The molecule has 1 fully saturated rings. The zero-order chi connectivity index (χ0) is 18.5. The number of nitro groups is 1. The van der Waals surface area contributed by atoms with E-state index in [9.17, 15) is 14.9 Å². The molecular weight excluding hydrogens is 332 g/mol. The molecule has 1 amide bonds. The highest BCUT2D eigenvalue weighted by Gasteiger charge is 2.27. The summed E-state index contributed by atoms with van der Waals surface area (Å²) in [7, 11) is 0. The van der Waals surface area contributed by atoms with Gasteiger partial charge in [-0.1, -0.05) is 30.3 Å². The maximum absolute atomic E-state index is 12.5. The second kappa shape index (κ2) is 7.97. The van der Waals surface area contributed by atoms with Crippen molar-refractivity contribution >= 4 is 23.0 Å². The van der Waals surface area contributed by atoms with E-state index in [4.69, 9.17) is 0 Å². The number of hydrogen-bond acceptors (Lipinski definition) is 5. The molecule has 1 atom stereocenters. The van der Waals surface area contributed by atoms with Gasteiger partial charge in [-0.2, -0.15) is 0 Å². The first-order valence-electron chi connectivity index (χ1n) is 8.64. The Morgan fingerprint density at radius 2 is 1.65 bits per heavy atom. The molecule has 0 bridgehead atoms. The number of para-hydroxylation sites is 3. The molecule has 1 saturated heterocycles. The van der Waals surface area contributed by atoms with Gasteiger partial charge in [-0.3, -0.25) is 19.8 Å². The molecule has 0 unspecified atom stereocenters. The first-order chi connectivity index (χ1) is 12.6.